The zero-order valence-corrected chi connectivity index (χ0v) is 11.2. The van der Waals surface area contributed by atoms with E-state index in [-0.39, 0.29) is 11.3 Å². The van der Waals surface area contributed by atoms with E-state index < -0.39 is 16.4 Å². The molecule has 1 amide bonds. The summed E-state index contributed by atoms with van der Waals surface area (Å²) >= 11 is 0. The zero-order chi connectivity index (χ0) is 14.5. The summed E-state index contributed by atoms with van der Waals surface area (Å²) in [4.78, 5) is 22.3. The smallest absolute Gasteiger partial charge is 0.282 e. The van der Waals surface area contributed by atoms with Gasteiger partial charge in [-0.05, 0) is 18.9 Å². The summed E-state index contributed by atoms with van der Waals surface area (Å²) in [5, 5.41) is 13.5. The van der Waals surface area contributed by atoms with Crippen molar-refractivity contribution in [2.75, 3.05) is 6.54 Å². The van der Waals surface area contributed by atoms with Crippen LogP contribution in [0.1, 0.15) is 37.0 Å². The molecule has 104 valence electrons. The maximum absolute atomic E-state index is 12.0. The fourth-order valence-corrected chi connectivity index (χ4v) is 1.68. The maximum atomic E-state index is 12.0. The van der Waals surface area contributed by atoms with Gasteiger partial charge in [0.2, 0.25) is 0 Å². The van der Waals surface area contributed by atoms with Crippen LogP contribution in [-0.4, -0.2) is 22.9 Å². The van der Waals surface area contributed by atoms with E-state index in [1.165, 1.54) is 18.2 Å². The van der Waals surface area contributed by atoms with Crippen LogP contribution in [0, 0.1) is 10.1 Å². The maximum Gasteiger partial charge on any atom is 0.282 e. The van der Waals surface area contributed by atoms with Crippen molar-refractivity contribution in [3.63, 3.8) is 0 Å². The topological polar surface area (TPSA) is 98.3 Å². The van der Waals surface area contributed by atoms with Crippen LogP contribution in [-0.2, 0) is 0 Å². The third-order valence-corrected chi connectivity index (χ3v) is 3.35. The predicted octanol–water partition coefficient (Wildman–Crippen LogP) is 1.84. The lowest BCUT2D eigenvalue weighted by Crippen LogP contribution is -2.49. The van der Waals surface area contributed by atoms with Gasteiger partial charge in [0.25, 0.3) is 11.6 Å². The average Bonchev–Trinajstić information content (AvgIpc) is 2.44. The summed E-state index contributed by atoms with van der Waals surface area (Å²) in [6.45, 7) is 4.19. The number of nitro groups is 1. The first-order valence-corrected chi connectivity index (χ1v) is 6.24. The van der Waals surface area contributed by atoms with Gasteiger partial charge < -0.3 is 11.1 Å². The molecule has 19 heavy (non-hydrogen) atoms. The van der Waals surface area contributed by atoms with Crippen LogP contribution in [0.4, 0.5) is 5.69 Å². The largest absolute Gasteiger partial charge is 0.350 e. The Bertz CT molecular complexity index is 470. The summed E-state index contributed by atoms with van der Waals surface area (Å²) in [6, 6.07) is 5.87. The number of hydrogen-bond acceptors (Lipinski definition) is 4. The van der Waals surface area contributed by atoms with Crippen molar-refractivity contribution in [2.24, 2.45) is 5.73 Å². The molecule has 0 spiro atoms. The van der Waals surface area contributed by atoms with Gasteiger partial charge in [0.1, 0.15) is 5.56 Å². The Morgan fingerprint density at radius 1 is 1.37 bits per heavy atom. The summed E-state index contributed by atoms with van der Waals surface area (Å²) in [6.07, 6.45) is 1.45. The van der Waals surface area contributed by atoms with Gasteiger partial charge in [0, 0.05) is 18.2 Å². The monoisotopic (exact) mass is 265 g/mol. The minimum atomic E-state index is -0.565. The number of nitrogens with one attached hydrogen (secondary N) is 1. The van der Waals surface area contributed by atoms with E-state index in [0.29, 0.717) is 6.54 Å². The second kappa shape index (κ2) is 6.29. The second-order valence-corrected chi connectivity index (χ2v) is 4.53. The van der Waals surface area contributed by atoms with Crippen molar-refractivity contribution in [1.82, 2.24) is 5.32 Å². The quantitative estimate of drug-likeness (QED) is 0.605. The minimum absolute atomic E-state index is 0.0575. The molecule has 6 heteroatoms. The van der Waals surface area contributed by atoms with Crippen LogP contribution in [0.15, 0.2) is 24.3 Å². The fraction of sp³-hybridized carbons (Fsp3) is 0.462. The average molecular weight is 265 g/mol. The Labute approximate surface area is 112 Å². The first kappa shape index (κ1) is 15.1. The molecule has 0 radical (unpaired) electrons. The summed E-state index contributed by atoms with van der Waals surface area (Å²) in [5.74, 6) is -0.468. The molecule has 0 heterocycles. The molecule has 0 aromatic heterocycles. The molecule has 0 aliphatic heterocycles. The molecule has 0 aliphatic rings. The highest BCUT2D eigenvalue weighted by Gasteiger charge is 2.24. The molecular formula is C13H19N3O3. The lowest BCUT2D eigenvalue weighted by Gasteiger charge is -2.26. The van der Waals surface area contributed by atoms with Crippen molar-refractivity contribution in [3.8, 4) is 0 Å². The van der Waals surface area contributed by atoms with Gasteiger partial charge in [0.05, 0.1) is 4.92 Å². The third-order valence-electron chi connectivity index (χ3n) is 3.35. The Kier molecular flexibility index (Phi) is 5.00. The molecule has 0 fully saturated rings. The van der Waals surface area contributed by atoms with Gasteiger partial charge in [-0.3, -0.25) is 14.9 Å². The standard InChI is InChI=1S/C13H19N3O3/c1-3-13(14,4-2)9-15-12(17)10-7-5-6-8-11(10)16(18)19/h5-8H,3-4,9,14H2,1-2H3,(H,15,17). The normalized spacial score (nSPS) is 11.1. The molecule has 6 nitrogen and oxygen atoms in total. The Hall–Kier alpha value is -1.95. The number of hydrogen-bond donors (Lipinski definition) is 2. The summed E-state index contributed by atoms with van der Waals surface area (Å²) in [5.41, 5.74) is 5.46. The van der Waals surface area contributed by atoms with Gasteiger partial charge in [-0.2, -0.15) is 0 Å². The predicted molar refractivity (Wildman–Crippen MR) is 72.9 cm³/mol. The number of benzene rings is 1. The molecule has 0 aliphatic carbocycles. The van der Waals surface area contributed by atoms with Gasteiger partial charge in [0.15, 0.2) is 0 Å². The summed E-state index contributed by atoms with van der Waals surface area (Å²) < 4.78 is 0. The molecule has 0 unspecified atom stereocenters. The second-order valence-electron chi connectivity index (χ2n) is 4.53. The highest BCUT2D eigenvalue weighted by Crippen LogP contribution is 2.18. The molecule has 3 N–H and O–H groups in total. The fourth-order valence-electron chi connectivity index (χ4n) is 1.68. The molecule has 0 saturated heterocycles. The van der Waals surface area contributed by atoms with Crippen LogP contribution < -0.4 is 11.1 Å². The first-order valence-electron chi connectivity index (χ1n) is 6.24. The Balaban J connectivity index is 2.82. The first-order chi connectivity index (χ1) is 8.93. The lowest BCUT2D eigenvalue weighted by molar-refractivity contribution is -0.385. The molecule has 0 saturated carbocycles. The highest BCUT2D eigenvalue weighted by atomic mass is 16.6. The SMILES string of the molecule is CCC(N)(CC)CNC(=O)c1ccccc1[N+](=O)[O-]. The highest BCUT2D eigenvalue weighted by molar-refractivity contribution is 5.98. The minimum Gasteiger partial charge on any atom is -0.350 e. The van der Waals surface area contributed by atoms with Gasteiger partial charge >= 0.3 is 0 Å². The number of rotatable bonds is 6. The van der Waals surface area contributed by atoms with Crippen molar-refractivity contribution < 1.29 is 9.72 Å². The molecule has 1 rings (SSSR count). The number of amides is 1. The third kappa shape index (κ3) is 3.75. The van der Waals surface area contributed by atoms with Crippen LogP contribution in [0.3, 0.4) is 0 Å². The van der Waals surface area contributed by atoms with Crippen LogP contribution >= 0.6 is 0 Å². The van der Waals surface area contributed by atoms with Gasteiger partial charge in [-0.25, -0.2) is 0 Å². The Morgan fingerprint density at radius 3 is 2.47 bits per heavy atom. The Morgan fingerprint density at radius 2 is 1.95 bits per heavy atom. The van der Waals surface area contributed by atoms with Gasteiger partial charge in [-0.1, -0.05) is 26.0 Å². The van der Waals surface area contributed by atoms with Crippen molar-refractivity contribution in [2.45, 2.75) is 32.2 Å². The van der Waals surface area contributed by atoms with Crippen molar-refractivity contribution >= 4 is 11.6 Å². The number of nitrogens with zero attached hydrogens (tertiary/aromatic N) is 1. The van der Waals surface area contributed by atoms with Crippen LogP contribution in [0.5, 0.6) is 0 Å². The molecule has 1 aromatic carbocycles. The van der Waals surface area contributed by atoms with E-state index in [0.717, 1.165) is 12.8 Å². The summed E-state index contributed by atoms with van der Waals surface area (Å²) in [7, 11) is 0. The number of nitrogens with two attached hydrogens (primary N) is 1. The molecule has 0 atom stereocenters. The van der Waals surface area contributed by atoms with E-state index in [2.05, 4.69) is 5.32 Å². The molecular weight excluding hydrogens is 246 g/mol. The van der Waals surface area contributed by atoms with Crippen molar-refractivity contribution in [3.05, 3.63) is 39.9 Å². The number of nitro benzene ring substituents is 1. The van der Waals surface area contributed by atoms with E-state index in [4.69, 9.17) is 5.73 Å². The number of carbonyl (C=O) groups is 1. The number of carbonyl (C=O) groups excluding carboxylic acids is 1. The molecule has 0 bridgehead atoms. The lowest BCUT2D eigenvalue weighted by atomic mass is 9.94. The van der Waals surface area contributed by atoms with E-state index >= 15 is 0 Å². The molecule has 1 aromatic rings. The van der Waals surface area contributed by atoms with E-state index in [9.17, 15) is 14.9 Å². The van der Waals surface area contributed by atoms with Crippen LogP contribution in [0.2, 0.25) is 0 Å². The van der Waals surface area contributed by atoms with Crippen LogP contribution in [0.25, 0.3) is 0 Å². The van der Waals surface area contributed by atoms with Crippen molar-refractivity contribution in [1.29, 1.82) is 0 Å². The number of para-hydroxylation sites is 1. The van der Waals surface area contributed by atoms with Gasteiger partial charge in [-0.15, -0.1) is 0 Å². The van der Waals surface area contributed by atoms with E-state index in [1.54, 1.807) is 6.07 Å². The van der Waals surface area contributed by atoms with E-state index in [1.807, 2.05) is 13.8 Å². The zero-order valence-electron chi connectivity index (χ0n) is 11.2.